The molecule has 2 nitrogen and oxygen atoms in total. The second-order valence-corrected chi connectivity index (χ2v) is 7.88. The Balaban J connectivity index is 1.70. The van der Waals surface area contributed by atoms with Gasteiger partial charge in [0.2, 0.25) is 0 Å². The predicted molar refractivity (Wildman–Crippen MR) is 120 cm³/mol. The van der Waals surface area contributed by atoms with Gasteiger partial charge >= 0.3 is 0 Å². The Morgan fingerprint density at radius 3 is 1.64 bits per heavy atom. The normalized spacial score (nSPS) is 13.4. The smallest absolute Gasteiger partial charge is 0.0984 e. The Bertz CT molecular complexity index is 598. The summed E-state index contributed by atoms with van der Waals surface area (Å²) in [6.07, 6.45) is 12.9. The molecular weight excluding hydrogens is 342 g/mol. The van der Waals surface area contributed by atoms with E-state index in [-0.39, 0.29) is 6.04 Å². The van der Waals surface area contributed by atoms with Crippen LogP contribution < -0.4 is 5.32 Å². The number of aliphatic hydroxyl groups excluding tert-OH is 1. The molecule has 2 aromatic carbocycles. The van der Waals surface area contributed by atoms with E-state index in [0.29, 0.717) is 0 Å². The molecule has 154 valence electrons. The van der Waals surface area contributed by atoms with Crippen molar-refractivity contribution >= 4 is 0 Å². The standard InChI is InChI=1S/C26H39NO/c1-2-3-4-5-6-7-8-9-10-17-22-27-25(23-18-13-11-14-19-23)26(28)24-20-15-12-16-21-24/h11-16,18-21,25-28H,2-10,17,22H2,1H3/t25-,26+/m1/s1. The van der Waals surface area contributed by atoms with Gasteiger partial charge in [0.25, 0.3) is 0 Å². The van der Waals surface area contributed by atoms with Crippen LogP contribution >= 0.6 is 0 Å². The van der Waals surface area contributed by atoms with Gasteiger partial charge < -0.3 is 10.4 Å². The molecule has 28 heavy (non-hydrogen) atoms. The lowest BCUT2D eigenvalue weighted by atomic mass is 9.95. The topological polar surface area (TPSA) is 32.3 Å². The molecule has 0 saturated heterocycles. The number of nitrogens with one attached hydrogen (secondary N) is 1. The van der Waals surface area contributed by atoms with Crippen LogP contribution in [-0.2, 0) is 0 Å². The molecule has 0 fully saturated rings. The minimum atomic E-state index is -0.535. The largest absolute Gasteiger partial charge is 0.386 e. The summed E-state index contributed by atoms with van der Waals surface area (Å²) in [5, 5.41) is 14.5. The Morgan fingerprint density at radius 1 is 0.643 bits per heavy atom. The highest BCUT2D eigenvalue weighted by Gasteiger charge is 2.21. The first-order valence-electron chi connectivity index (χ1n) is 11.3. The summed E-state index contributed by atoms with van der Waals surface area (Å²) in [6.45, 7) is 3.22. The van der Waals surface area contributed by atoms with Crippen molar-refractivity contribution < 1.29 is 5.11 Å². The van der Waals surface area contributed by atoms with Crippen LogP contribution in [0.4, 0.5) is 0 Å². The summed E-state index contributed by atoms with van der Waals surface area (Å²) in [4.78, 5) is 0. The average Bonchev–Trinajstić information content (AvgIpc) is 2.75. The Kier molecular flexibility index (Phi) is 11.6. The number of aliphatic hydroxyl groups is 1. The average molecular weight is 382 g/mol. The van der Waals surface area contributed by atoms with Gasteiger partial charge in [0.15, 0.2) is 0 Å². The fourth-order valence-electron chi connectivity index (χ4n) is 3.78. The zero-order valence-electron chi connectivity index (χ0n) is 17.7. The molecule has 2 aromatic rings. The first-order chi connectivity index (χ1) is 13.8. The van der Waals surface area contributed by atoms with Crippen LogP contribution in [0.15, 0.2) is 60.7 Å². The summed E-state index contributed by atoms with van der Waals surface area (Å²) in [6, 6.07) is 20.2. The van der Waals surface area contributed by atoms with Gasteiger partial charge in [0, 0.05) is 0 Å². The highest BCUT2D eigenvalue weighted by Crippen LogP contribution is 2.28. The van der Waals surface area contributed by atoms with Gasteiger partial charge in [-0.3, -0.25) is 0 Å². The van der Waals surface area contributed by atoms with Gasteiger partial charge in [-0.15, -0.1) is 0 Å². The first-order valence-corrected chi connectivity index (χ1v) is 11.3. The van der Waals surface area contributed by atoms with Crippen molar-refractivity contribution in [3.05, 3.63) is 71.8 Å². The molecular formula is C26H39NO. The molecule has 0 aliphatic carbocycles. The van der Waals surface area contributed by atoms with E-state index in [1.165, 1.54) is 64.2 Å². The lowest BCUT2D eigenvalue weighted by Crippen LogP contribution is -2.28. The van der Waals surface area contributed by atoms with Crippen LogP contribution in [0.5, 0.6) is 0 Å². The van der Waals surface area contributed by atoms with E-state index in [1.54, 1.807) is 0 Å². The Morgan fingerprint density at radius 2 is 1.11 bits per heavy atom. The van der Waals surface area contributed by atoms with Gasteiger partial charge in [-0.2, -0.15) is 0 Å². The molecule has 0 aliphatic heterocycles. The molecule has 0 radical (unpaired) electrons. The van der Waals surface area contributed by atoms with E-state index in [0.717, 1.165) is 17.7 Å². The molecule has 0 aliphatic rings. The van der Waals surface area contributed by atoms with Crippen molar-refractivity contribution in [1.29, 1.82) is 0 Å². The van der Waals surface area contributed by atoms with E-state index in [1.807, 2.05) is 48.5 Å². The van der Waals surface area contributed by atoms with Crippen molar-refractivity contribution in [2.45, 2.75) is 83.3 Å². The SMILES string of the molecule is CCCCCCCCCCCCN[C@H](c1ccccc1)[C@@H](O)c1ccccc1. The van der Waals surface area contributed by atoms with Crippen LogP contribution in [0.3, 0.4) is 0 Å². The molecule has 0 unspecified atom stereocenters. The molecule has 0 amide bonds. The van der Waals surface area contributed by atoms with Crippen LogP contribution in [0.25, 0.3) is 0 Å². The second kappa shape index (κ2) is 14.4. The van der Waals surface area contributed by atoms with E-state index >= 15 is 0 Å². The van der Waals surface area contributed by atoms with Gasteiger partial charge in [-0.05, 0) is 24.1 Å². The number of rotatable bonds is 15. The number of benzene rings is 2. The lowest BCUT2D eigenvalue weighted by molar-refractivity contribution is 0.128. The predicted octanol–water partition coefficient (Wildman–Crippen LogP) is 6.97. The molecule has 0 heterocycles. The maximum atomic E-state index is 10.9. The van der Waals surface area contributed by atoms with Crippen molar-refractivity contribution in [2.75, 3.05) is 6.54 Å². The third-order valence-corrected chi connectivity index (χ3v) is 5.51. The van der Waals surface area contributed by atoms with Gasteiger partial charge in [0.1, 0.15) is 0 Å². The summed E-state index contributed by atoms with van der Waals surface area (Å²) in [7, 11) is 0. The number of hydrogen-bond donors (Lipinski definition) is 2. The molecule has 0 saturated carbocycles. The molecule has 2 atom stereocenters. The van der Waals surface area contributed by atoms with E-state index in [2.05, 4.69) is 24.4 Å². The summed E-state index contributed by atoms with van der Waals surface area (Å²) >= 11 is 0. The molecule has 0 aromatic heterocycles. The van der Waals surface area contributed by atoms with Gasteiger partial charge in [-0.1, -0.05) is 125 Å². The Hall–Kier alpha value is -1.64. The maximum absolute atomic E-state index is 10.9. The summed E-state index contributed by atoms with van der Waals surface area (Å²) in [5.41, 5.74) is 2.11. The molecule has 2 rings (SSSR count). The number of hydrogen-bond acceptors (Lipinski definition) is 2. The molecule has 2 N–H and O–H groups in total. The quantitative estimate of drug-likeness (QED) is 0.326. The first kappa shape index (κ1) is 22.6. The number of unbranched alkanes of at least 4 members (excludes halogenated alkanes) is 9. The third-order valence-electron chi connectivity index (χ3n) is 5.51. The summed E-state index contributed by atoms with van der Waals surface area (Å²) < 4.78 is 0. The fraction of sp³-hybridized carbons (Fsp3) is 0.538. The highest BCUT2D eigenvalue weighted by molar-refractivity contribution is 5.26. The van der Waals surface area contributed by atoms with E-state index in [4.69, 9.17) is 0 Å². The lowest BCUT2D eigenvalue weighted by Gasteiger charge is -2.25. The molecule has 2 heteroatoms. The van der Waals surface area contributed by atoms with Crippen LogP contribution in [0.2, 0.25) is 0 Å². The van der Waals surface area contributed by atoms with Crippen LogP contribution in [0.1, 0.15) is 94.4 Å². The van der Waals surface area contributed by atoms with Crippen molar-refractivity contribution in [3.8, 4) is 0 Å². The fourth-order valence-corrected chi connectivity index (χ4v) is 3.78. The van der Waals surface area contributed by atoms with Gasteiger partial charge in [-0.25, -0.2) is 0 Å². The monoisotopic (exact) mass is 381 g/mol. The van der Waals surface area contributed by atoms with Crippen LogP contribution in [-0.4, -0.2) is 11.7 Å². The van der Waals surface area contributed by atoms with Crippen LogP contribution in [0, 0.1) is 0 Å². The van der Waals surface area contributed by atoms with Crippen molar-refractivity contribution in [2.24, 2.45) is 0 Å². The zero-order valence-corrected chi connectivity index (χ0v) is 17.7. The minimum Gasteiger partial charge on any atom is -0.386 e. The summed E-state index contributed by atoms with van der Waals surface area (Å²) in [5.74, 6) is 0. The minimum absolute atomic E-state index is 0.0674. The second-order valence-electron chi connectivity index (χ2n) is 7.88. The molecule has 0 spiro atoms. The van der Waals surface area contributed by atoms with E-state index in [9.17, 15) is 5.11 Å². The maximum Gasteiger partial charge on any atom is 0.0984 e. The Labute approximate surface area is 172 Å². The zero-order chi connectivity index (χ0) is 19.9. The van der Waals surface area contributed by atoms with Crippen molar-refractivity contribution in [1.82, 2.24) is 5.32 Å². The molecule has 0 bridgehead atoms. The third kappa shape index (κ3) is 8.58. The van der Waals surface area contributed by atoms with E-state index < -0.39 is 6.10 Å². The highest BCUT2D eigenvalue weighted by atomic mass is 16.3. The van der Waals surface area contributed by atoms with Crippen molar-refractivity contribution in [3.63, 3.8) is 0 Å². The van der Waals surface area contributed by atoms with Gasteiger partial charge in [0.05, 0.1) is 12.1 Å².